The number of rotatable bonds is 2. The Labute approximate surface area is 173 Å². The fourth-order valence-corrected chi connectivity index (χ4v) is 5.57. The van der Waals surface area contributed by atoms with Gasteiger partial charge >= 0.3 is 0 Å². The number of benzene rings is 1. The lowest BCUT2D eigenvalue weighted by molar-refractivity contribution is -0.123. The van der Waals surface area contributed by atoms with Crippen LogP contribution in [0.4, 0.5) is 0 Å². The number of nitrogens with zero attached hydrogens (tertiary/aromatic N) is 2. The predicted molar refractivity (Wildman–Crippen MR) is 115 cm³/mol. The summed E-state index contributed by atoms with van der Waals surface area (Å²) in [4.78, 5) is 17.2. The molecule has 1 saturated heterocycles. The van der Waals surface area contributed by atoms with E-state index in [9.17, 15) is 4.79 Å². The van der Waals surface area contributed by atoms with Gasteiger partial charge in [0.15, 0.2) is 11.5 Å². The van der Waals surface area contributed by atoms with Gasteiger partial charge in [-0.1, -0.05) is 20.7 Å². The zero-order valence-corrected chi connectivity index (χ0v) is 17.8. The van der Waals surface area contributed by atoms with Gasteiger partial charge in [0.25, 0.3) is 5.91 Å². The minimum Gasteiger partial charge on any atom is -0.486 e. The second-order valence-corrected chi connectivity index (χ2v) is 9.82. The smallest absolute Gasteiger partial charge is 0.252 e. The summed E-state index contributed by atoms with van der Waals surface area (Å²) in [7, 11) is 0.494. The minimum absolute atomic E-state index is 0.0369. The van der Waals surface area contributed by atoms with E-state index >= 15 is 0 Å². The summed E-state index contributed by atoms with van der Waals surface area (Å²) in [5.74, 6) is 1.65. The fraction of sp³-hybridized carbons (Fsp3) is 0.409. The summed E-state index contributed by atoms with van der Waals surface area (Å²) < 4.78 is 11.3. The molecule has 2 atom stereocenters. The lowest BCUT2D eigenvalue weighted by atomic mass is 10.0. The Hall–Kier alpha value is -2.30. The summed E-state index contributed by atoms with van der Waals surface area (Å²) in [6, 6.07) is 5.95. The number of hydrogen-bond acceptors (Lipinski definition) is 5. The largest absolute Gasteiger partial charge is 0.486 e. The first kappa shape index (κ1) is 18.7. The Morgan fingerprint density at radius 1 is 1.21 bits per heavy atom. The molecule has 29 heavy (non-hydrogen) atoms. The standard InChI is InChI=1S/C22H26N3O3P/c1-22(2)14-24(8-7-23-22)16-4-6-21-25(13-16)20(26)12-19(29-21)15-3-5-17-18(11-15)28-10-9-27-17/h3-6,11-13,21,23,29H,7-10,14H2,1-2H3. The van der Waals surface area contributed by atoms with Crippen molar-refractivity contribution in [2.24, 2.45) is 0 Å². The van der Waals surface area contributed by atoms with E-state index in [1.54, 1.807) is 6.08 Å². The normalized spacial score (nSPS) is 26.1. The van der Waals surface area contributed by atoms with Crippen LogP contribution in [0.1, 0.15) is 19.4 Å². The molecule has 4 heterocycles. The van der Waals surface area contributed by atoms with Crippen molar-refractivity contribution in [1.82, 2.24) is 15.1 Å². The van der Waals surface area contributed by atoms with Gasteiger partial charge in [-0.2, -0.15) is 0 Å². The zero-order chi connectivity index (χ0) is 20.0. The topological polar surface area (TPSA) is 54.0 Å². The van der Waals surface area contributed by atoms with Crippen LogP contribution >= 0.6 is 8.58 Å². The number of hydrogen-bond donors (Lipinski definition) is 1. The first-order valence-electron chi connectivity index (χ1n) is 10.1. The molecule has 1 aromatic rings. The maximum atomic E-state index is 12.9. The predicted octanol–water partition coefficient (Wildman–Crippen LogP) is 2.74. The Bertz CT molecular complexity index is 937. The lowest BCUT2D eigenvalue weighted by Gasteiger charge is -2.43. The van der Waals surface area contributed by atoms with Crippen molar-refractivity contribution >= 4 is 19.8 Å². The molecule has 0 radical (unpaired) electrons. The molecule has 0 bridgehead atoms. The van der Waals surface area contributed by atoms with Crippen LogP contribution in [0.3, 0.4) is 0 Å². The van der Waals surface area contributed by atoms with Gasteiger partial charge in [-0.25, -0.2) is 0 Å². The molecule has 4 aliphatic heterocycles. The summed E-state index contributed by atoms with van der Waals surface area (Å²) in [6.07, 6.45) is 8.15. The second kappa shape index (κ2) is 7.19. The Morgan fingerprint density at radius 2 is 2.03 bits per heavy atom. The molecule has 7 heteroatoms. The van der Waals surface area contributed by atoms with Crippen LogP contribution in [0, 0.1) is 0 Å². The molecule has 0 saturated carbocycles. The van der Waals surface area contributed by atoms with Gasteiger partial charge in [-0.3, -0.25) is 4.79 Å². The molecule has 0 aliphatic carbocycles. The highest BCUT2D eigenvalue weighted by Gasteiger charge is 2.32. The quantitative estimate of drug-likeness (QED) is 0.759. The molecular formula is C22H26N3O3P. The number of nitrogens with one attached hydrogen (secondary N) is 1. The first-order chi connectivity index (χ1) is 14.0. The van der Waals surface area contributed by atoms with Crippen molar-refractivity contribution in [3.05, 3.63) is 53.9 Å². The van der Waals surface area contributed by atoms with Crippen LogP contribution in [0.15, 0.2) is 48.3 Å². The average Bonchev–Trinajstić information content (AvgIpc) is 2.72. The van der Waals surface area contributed by atoms with Crippen molar-refractivity contribution in [1.29, 1.82) is 0 Å². The number of carbonyl (C=O) groups is 1. The van der Waals surface area contributed by atoms with Crippen LogP contribution in [-0.4, -0.2) is 59.9 Å². The van der Waals surface area contributed by atoms with Crippen molar-refractivity contribution in [2.45, 2.75) is 25.2 Å². The third-order valence-electron chi connectivity index (χ3n) is 5.64. The Morgan fingerprint density at radius 3 is 2.86 bits per heavy atom. The third kappa shape index (κ3) is 3.67. The summed E-state index contributed by atoms with van der Waals surface area (Å²) >= 11 is 0. The number of piperazine rings is 1. The van der Waals surface area contributed by atoms with Gasteiger partial charge in [-0.15, -0.1) is 0 Å². The van der Waals surface area contributed by atoms with Gasteiger partial charge in [0, 0.05) is 37.4 Å². The maximum Gasteiger partial charge on any atom is 0.252 e. The minimum atomic E-state index is 0.0369. The Kier molecular flexibility index (Phi) is 4.64. The van der Waals surface area contributed by atoms with Crippen LogP contribution in [0.5, 0.6) is 11.5 Å². The maximum absolute atomic E-state index is 12.9. The number of allylic oxidation sites excluding steroid dienone is 1. The van der Waals surface area contributed by atoms with Gasteiger partial charge in [0.2, 0.25) is 0 Å². The molecule has 4 aliphatic rings. The number of amides is 1. The van der Waals surface area contributed by atoms with Crippen LogP contribution < -0.4 is 14.8 Å². The van der Waals surface area contributed by atoms with E-state index in [1.807, 2.05) is 29.3 Å². The average molecular weight is 411 g/mol. The zero-order valence-electron chi connectivity index (χ0n) is 16.8. The highest BCUT2D eigenvalue weighted by Crippen LogP contribution is 2.46. The SMILES string of the molecule is CC1(C)CN(C2=CN3C(=O)C=C(c4ccc5c(c4)OCCO5)PC3C=C2)CCN1. The molecule has 1 fully saturated rings. The molecule has 1 N–H and O–H groups in total. The molecule has 1 aromatic carbocycles. The van der Waals surface area contributed by atoms with Gasteiger partial charge in [0.05, 0.1) is 11.5 Å². The van der Waals surface area contributed by atoms with Gasteiger partial charge in [-0.05, 0) is 42.9 Å². The third-order valence-corrected chi connectivity index (χ3v) is 7.15. The number of carbonyl (C=O) groups excluding carboxylic acids is 1. The van der Waals surface area contributed by atoms with E-state index in [0.717, 1.165) is 47.7 Å². The molecule has 6 nitrogen and oxygen atoms in total. The molecule has 0 spiro atoms. The van der Waals surface area contributed by atoms with E-state index in [0.29, 0.717) is 21.8 Å². The Balaban J connectivity index is 1.38. The van der Waals surface area contributed by atoms with Crippen molar-refractivity contribution in [2.75, 3.05) is 32.8 Å². The first-order valence-corrected chi connectivity index (χ1v) is 11.2. The fourth-order valence-electron chi connectivity index (χ4n) is 4.19. The summed E-state index contributed by atoms with van der Waals surface area (Å²) in [5.41, 5.74) is 2.22. The van der Waals surface area contributed by atoms with Gasteiger partial charge < -0.3 is 24.6 Å². The van der Waals surface area contributed by atoms with E-state index in [-0.39, 0.29) is 17.2 Å². The molecular weight excluding hydrogens is 385 g/mol. The highest BCUT2D eigenvalue weighted by molar-refractivity contribution is 7.51. The molecule has 2 unspecified atom stereocenters. The summed E-state index contributed by atoms with van der Waals surface area (Å²) in [5, 5.41) is 4.60. The van der Waals surface area contributed by atoms with Crippen LogP contribution in [-0.2, 0) is 4.79 Å². The van der Waals surface area contributed by atoms with E-state index < -0.39 is 0 Å². The van der Waals surface area contributed by atoms with E-state index in [4.69, 9.17) is 9.47 Å². The van der Waals surface area contributed by atoms with Crippen LogP contribution in [0.2, 0.25) is 0 Å². The van der Waals surface area contributed by atoms with Crippen LogP contribution in [0.25, 0.3) is 5.31 Å². The summed E-state index contributed by atoms with van der Waals surface area (Å²) in [6.45, 7) is 8.40. The highest BCUT2D eigenvalue weighted by atomic mass is 31.1. The molecule has 1 amide bonds. The van der Waals surface area contributed by atoms with Crippen molar-refractivity contribution in [3.8, 4) is 11.5 Å². The molecule has 0 aromatic heterocycles. The molecule has 5 rings (SSSR count). The van der Waals surface area contributed by atoms with Crippen molar-refractivity contribution < 1.29 is 14.3 Å². The lowest BCUT2D eigenvalue weighted by Crippen LogP contribution is -2.56. The molecule has 152 valence electrons. The van der Waals surface area contributed by atoms with E-state index in [1.165, 1.54) is 0 Å². The second-order valence-electron chi connectivity index (χ2n) is 8.40. The number of ether oxygens (including phenoxy) is 2. The van der Waals surface area contributed by atoms with E-state index in [2.05, 4.69) is 36.2 Å². The van der Waals surface area contributed by atoms with Gasteiger partial charge in [0.1, 0.15) is 13.2 Å². The van der Waals surface area contributed by atoms with Crippen molar-refractivity contribution in [3.63, 3.8) is 0 Å². The number of fused-ring (bicyclic) bond motifs is 2. The monoisotopic (exact) mass is 411 g/mol.